The second-order valence-electron chi connectivity index (χ2n) is 5.11. The SMILES string of the molecule is CCCCC(C)C(NCCC)c1cc(Br)sc1C. The fourth-order valence-corrected chi connectivity index (χ4v) is 4.13. The summed E-state index contributed by atoms with van der Waals surface area (Å²) in [6.07, 6.45) is 5.12. The molecule has 0 aliphatic heterocycles. The zero-order chi connectivity index (χ0) is 13.5. The Balaban J connectivity index is 2.79. The van der Waals surface area contributed by atoms with E-state index in [1.54, 1.807) is 0 Å². The first-order valence-electron chi connectivity index (χ1n) is 7.09. The topological polar surface area (TPSA) is 12.0 Å². The molecule has 0 amide bonds. The van der Waals surface area contributed by atoms with Crippen LogP contribution in [0.15, 0.2) is 9.85 Å². The number of hydrogen-bond donors (Lipinski definition) is 1. The lowest BCUT2D eigenvalue weighted by atomic mass is 9.90. The fraction of sp³-hybridized carbons (Fsp3) is 0.733. The van der Waals surface area contributed by atoms with Gasteiger partial charge in [0.15, 0.2) is 0 Å². The molecule has 2 unspecified atom stereocenters. The first-order chi connectivity index (χ1) is 8.60. The minimum absolute atomic E-state index is 0.513. The minimum Gasteiger partial charge on any atom is -0.310 e. The minimum atomic E-state index is 0.513. The second kappa shape index (κ2) is 8.34. The summed E-state index contributed by atoms with van der Waals surface area (Å²) < 4.78 is 1.25. The fourth-order valence-electron chi connectivity index (χ4n) is 2.38. The Bertz CT molecular complexity index is 348. The van der Waals surface area contributed by atoms with E-state index >= 15 is 0 Å². The number of aryl methyl sites for hydroxylation is 1. The van der Waals surface area contributed by atoms with Crippen LogP contribution in [-0.4, -0.2) is 6.54 Å². The first kappa shape index (κ1) is 16.2. The summed E-state index contributed by atoms with van der Waals surface area (Å²) in [5.74, 6) is 0.705. The van der Waals surface area contributed by atoms with Crippen molar-refractivity contribution in [1.82, 2.24) is 5.32 Å². The lowest BCUT2D eigenvalue weighted by Gasteiger charge is -2.25. The molecule has 0 radical (unpaired) electrons. The molecular formula is C15H26BrNS. The maximum Gasteiger partial charge on any atom is 0.0704 e. The van der Waals surface area contributed by atoms with Crippen molar-refractivity contribution in [2.75, 3.05) is 6.54 Å². The predicted octanol–water partition coefficient (Wildman–Crippen LogP) is 5.69. The highest BCUT2D eigenvalue weighted by Crippen LogP contribution is 2.35. The molecule has 0 fully saturated rings. The molecule has 0 aromatic carbocycles. The molecule has 1 N–H and O–H groups in total. The zero-order valence-electron chi connectivity index (χ0n) is 12.1. The van der Waals surface area contributed by atoms with Gasteiger partial charge in [0.25, 0.3) is 0 Å². The molecule has 0 saturated heterocycles. The Hall–Kier alpha value is 0.140. The van der Waals surface area contributed by atoms with Gasteiger partial charge in [-0.3, -0.25) is 0 Å². The summed E-state index contributed by atoms with van der Waals surface area (Å²) in [4.78, 5) is 1.44. The van der Waals surface area contributed by atoms with Crippen LogP contribution in [0.2, 0.25) is 0 Å². The summed E-state index contributed by atoms with van der Waals surface area (Å²) >= 11 is 5.46. The average Bonchev–Trinajstić information content (AvgIpc) is 2.66. The van der Waals surface area contributed by atoms with Crippen LogP contribution in [0.25, 0.3) is 0 Å². The molecule has 0 aliphatic carbocycles. The summed E-state index contributed by atoms with van der Waals surface area (Å²) in [5, 5.41) is 3.73. The number of rotatable bonds is 8. The molecule has 1 nitrogen and oxygen atoms in total. The molecular weight excluding hydrogens is 306 g/mol. The van der Waals surface area contributed by atoms with Crippen molar-refractivity contribution in [3.63, 3.8) is 0 Å². The Labute approximate surface area is 125 Å². The summed E-state index contributed by atoms with van der Waals surface area (Å²) in [7, 11) is 0. The van der Waals surface area contributed by atoms with Gasteiger partial charge in [-0.1, -0.05) is 33.6 Å². The van der Waals surface area contributed by atoms with E-state index in [1.807, 2.05) is 11.3 Å². The van der Waals surface area contributed by atoms with E-state index in [0.29, 0.717) is 12.0 Å². The van der Waals surface area contributed by atoms with Gasteiger partial charge in [-0.2, -0.15) is 0 Å². The van der Waals surface area contributed by atoms with Gasteiger partial charge in [0.2, 0.25) is 0 Å². The third-order valence-corrected chi connectivity index (χ3v) is 5.03. The largest absolute Gasteiger partial charge is 0.310 e. The maximum absolute atomic E-state index is 3.73. The molecule has 104 valence electrons. The van der Waals surface area contributed by atoms with E-state index in [9.17, 15) is 0 Å². The van der Waals surface area contributed by atoms with Crippen LogP contribution in [0.1, 0.15) is 62.9 Å². The molecule has 18 heavy (non-hydrogen) atoms. The Kier molecular flexibility index (Phi) is 7.50. The molecule has 1 aromatic rings. The van der Waals surface area contributed by atoms with Crippen molar-refractivity contribution in [1.29, 1.82) is 0 Å². The van der Waals surface area contributed by atoms with Crippen molar-refractivity contribution in [2.45, 2.75) is 59.4 Å². The predicted molar refractivity (Wildman–Crippen MR) is 86.5 cm³/mol. The van der Waals surface area contributed by atoms with Crippen molar-refractivity contribution in [2.24, 2.45) is 5.92 Å². The normalized spacial score (nSPS) is 14.7. The molecule has 1 aromatic heterocycles. The highest BCUT2D eigenvalue weighted by molar-refractivity contribution is 9.11. The van der Waals surface area contributed by atoms with E-state index in [2.05, 4.69) is 55.0 Å². The molecule has 2 atom stereocenters. The van der Waals surface area contributed by atoms with Crippen LogP contribution >= 0.6 is 27.3 Å². The molecule has 0 spiro atoms. The van der Waals surface area contributed by atoms with E-state index in [4.69, 9.17) is 0 Å². The van der Waals surface area contributed by atoms with Gasteiger partial charge in [-0.25, -0.2) is 0 Å². The van der Waals surface area contributed by atoms with Crippen LogP contribution in [0.4, 0.5) is 0 Å². The number of hydrogen-bond acceptors (Lipinski definition) is 2. The lowest BCUT2D eigenvalue weighted by molar-refractivity contribution is 0.357. The standard InChI is InChI=1S/C15H26BrNS/c1-5-7-8-11(3)15(17-9-6-2)13-10-14(16)18-12(13)4/h10-11,15,17H,5-9H2,1-4H3. The third kappa shape index (κ3) is 4.67. The van der Waals surface area contributed by atoms with Gasteiger partial charge in [-0.15, -0.1) is 11.3 Å². The van der Waals surface area contributed by atoms with E-state index in [1.165, 1.54) is 39.9 Å². The van der Waals surface area contributed by atoms with Crippen molar-refractivity contribution in [3.05, 3.63) is 20.3 Å². The number of thiophene rings is 1. The quantitative estimate of drug-likeness (QED) is 0.645. The smallest absolute Gasteiger partial charge is 0.0704 e. The molecule has 1 rings (SSSR count). The van der Waals surface area contributed by atoms with Crippen LogP contribution in [0.5, 0.6) is 0 Å². The average molecular weight is 332 g/mol. The third-order valence-electron chi connectivity index (χ3n) is 3.46. The molecule has 0 bridgehead atoms. The molecule has 1 heterocycles. The van der Waals surface area contributed by atoms with Gasteiger partial charge in [0, 0.05) is 10.9 Å². The molecule has 0 saturated carbocycles. The highest BCUT2D eigenvalue weighted by atomic mass is 79.9. The van der Waals surface area contributed by atoms with Crippen molar-refractivity contribution in [3.8, 4) is 0 Å². The monoisotopic (exact) mass is 331 g/mol. The summed E-state index contributed by atoms with van der Waals surface area (Å²) in [6, 6.07) is 2.81. The van der Waals surface area contributed by atoms with Crippen LogP contribution in [-0.2, 0) is 0 Å². The van der Waals surface area contributed by atoms with Gasteiger partial charge >= 0.3 is 0 Å². The van der Waals surface area contributed by atoms with Crippen LogP contribution < -0.4 is 5.32 Å². The lowest BCUT2D eigenvalue weighted by Crippen LogP contribution is -2.28. The van der Waals surface area contributed by atoms with Gasteiger partial charge in [0.05, 0.1) is 3.79 Å². The van der Waals surface area contributed by atoms with E-state index < -0.39 is 0 Å². The van der Waals surface area contributed by atoms with Crippen LogP contribution in [0, 0.1) is 12.8 Å². The summed E-state index contributed by atoms with van der Waals surface area (Å²) in [6.45, 7) is 10.2. The molecule has 0 aliphatic rings. The van der Waals surface area contributed by atoms with Crippen LogP contribution in [0.3, 0.4) is 0 Å². The van der Waals surface area contributed by atoms with Gasteiger partial charge in [-0.05, 0) is 59.8 Å². The van der Waals surface area contributed by atoms with Gasteiger partial charge < -0.3 is 5.32 Å². The first-order valence-corrected chi connectivity index (χ1v) is 8.70. The van der Waals surface area contributed by atoms with Crippen molar-refractivity contribution < 1.29 is 0 Å². The second-order valence-corrected chi connectivity index (χ2v) is 7.75. The van der Waals surface area contributed by atoms with Crippen molar-refractivity contribution >= 4 is 27.3 Å². The molecule has 3 heteroatoms. The Morgan fingerprint density at radius 3 is 2.56 bits per heavy atom. The number of nitrogens with one attached hydrogen (secondary N) is 1. The maximum atomic E-state index is 3.73. The Morgan fingerprint density at radius 1 is 1.33 bits per heavy atom. The summed E-state index contributed by atoms with van der Waals surface area (Å²) in [5.41, 5.74) is 1.49. The zero-order valence-corrected chi connectivity index (χ0v) is 14.5. The Morgan fingerprint density at radius 2 is 2.06 bits per heavy atom. The van der Waals surface area contributed by atoms with E-state index in [-0.39, 0.29) is 0 Å². The van der Waals surface area contributed by atoms with Gasteiger partial charge in [0.1, 0.15) is 0 Å². The number of halogens is 1. The highest BCUT2D eigenvalue weighted by Gasteiger charge is 2.21. The van der Waals surface area contributed by atoms with E-state index in [0.717, 1.165) is 6.54 Å². The number of unbranched alkanes of at least 4 members (excludes halogenated alkanes) is 1.